The van der Waals surface area contributed by atoms with Gasteiger partial charge in [-0.05, 0) is 61.9 Å². The predicted octanol–water partition coefficient (Wildman–Crippen LogP) is 6.51. The number of aliphatic hydroxyl groups is 1. The summed E-state index contributed by atoms with van der Waals surface area (Å²) < 4.78 is 0. The van der Waals surface area contributed by atoms with E-state index in [-0.39, 0.29) is 0 Å². The summed E-state index contributed by atoms with van der Waals surface area (Å²) in [6.45, 7) is 18.1. The van der Waals surface area contributed by atoms with Gasteiger partial charge in [-0.2, -0.15) is 0 Å². The molecule has 0 spiro atoms. The zero-order chi connectivity index (χ0) is 23.1. The number of benzene rings is 3. The molecule has 158 valence electrons. The first-order valence-corrected chi connectivity index (χ1v) is 10.2. The molecule has 3 aromatic rings. The number of urea groups is 1. The summed E-state index contributed by atoms with van der Waals surface area (Å²) >= 11 is 6.05. The van der Waals surface area contributed by atoms with Crippen LogP contribution >= 0.6 is 11.6 Å². The molecule has 1 N–H and O–H groups in total. The van der Waals surface area contributed by atoms with Gasteiger partial charge in [-0.25, -0.2) is 14.5 Å². The molecule has 1 fully saturated rings. The van der Waals surface area contributed by atoms with Crippen LogP contribution in [0.1, 0.15) is 19.4 Å². The van der Waals surface area contributed by atoms with E-state index in [2.05, 4.69) is 9.69 Å². The summed E-state index contributed by atoms with van der Waals surface area (Å²) in [7, 11) is 0. The predicted molar refractivity (Wildman–Crippen MR) is 125 cm³/mol. The zero-order valence-electron chi connectivity index (χ0n) is 17.5. The lowest BCUT2D eigenvalue weighted by Crippen LogP contribution is -2.56. The van der Waals surface area contributed by atoms with Crippen molar-refractivity contribution >= 4 is 40.4 Å². The Kier molecular flexibility index (Phi) is 5.14. The number of amides is 2. The van der Waals surface area contributed by atoms with E-state index in [1.807, 2.05) is 0 Å². The highest BCUT2D eigenvalue weighted by atomic mass is 35.5. The first-order chi connectivity index (χ1) is 15.2. The summed E-state index contributed by atoms with van der Waals surface area (Å²) in [6, 6.07) is 19.5. The van der Waals surface area contributed by atoms with Crippen LogP contribution < -0.4 is 9.80 Å². The second-order valence-electron chi connectivity index (χ2n) is 7.95. The van der Waals surface area contributed by atoms with E-state index in [0.717, 1.165) is 0 Å². The molecular weight excluding hydrogens is 424 g/mol. The lowest BCUT2D eigenvalue weighted by atomic mass is 9.83. The molecule has 1 unspecified atom stereocenters. The second-order valence-corrected chi connectivity index (χ2v) is 8.39. The maximum absolute atomic E-state index is 13.8. The van der Waals surface area contributed by atoms with Gasteiger partial charge in [0.1, 0.15) is 0 Å². The molecule has 0 saturated carbocycles. The van der Waals surface area contributed by atoms with Gasteiger partial charge in [-0.3, -0.25) is 9.80 Å². The molecule has 32 heavy (non-hydrogen) atoms. The molecule has 7 heteroatoms. The monoisotopic (exact) mass is 442 g/mol. The van der Waals surface area contributed by atoms with Crippen LogP contribution in [0.15, 0.2) is 72.8 Å². The van der Waals surface area contributed by atoms with Crippen molar-refractivity contribution in [2.75, 3.05) is 9.80 Å². The fraction of sp³-hybridized carbons (Fsp3) is 0.160. The first kappa shape index (κ1) is 21.4. The SMILES string of the molecule is [C-]#[N+]c1ccc(N2C(=O)N(c3ccc(Cl)cc3)C(C)(C)C2(O)c2cccc([N+]#[C-])c2)cc1. The summed E-state index contributed by atoms with van der Waals surface area (Å²) in [6.07, 6.45) is 0. The summed E-state index contributed by atoms with van der Waals surface area (Å²) in [5.41, 5.74) is -0.761. The highest BCUT2D eigenvalue weighted by Crippen LogP contribution is 2.51. The third-order valence-electron chi connectivity index (χ3n) is 5.82. The van der Waals surface area contributed by atoms with Gasteiger partial charge in [-0.1, -0.05) is 41.9 Å². The molecule has 6 nitrogen and oxygen atoms in total. The molecule has 2 amide bonds. The number of carbonyl (C=O) groups excluding carboxylic acids is 1. The van der Waals surface area contributed by atoms with E-state index < -0.39 is 17.3 Å². The highest BCUT2D eigenvalue weighted by Gasteiger charge is 2.63. The maximum atomic E-state index is 13.8. The minimum atomic E-state index is -1.82. The van der Waals surface area contributed by atoms with Gasteiger partial charge >= 0.3 is 6.03 Å². The van der Waals surface area contributed by atoms with Crippen LogP contribution in [0.25, 0.3) is 9.69 Å². The average molecular weight is 443 g/mol. The minimum absolute atomic E-state index is 0.354. The van der Waals surface area contributed by atoms with Crippen molar-refractivity contribution in [2.24, 2.45) is 0 Å². The number of carbonyl (C=O) groups is 1. The number of anilines is 2. The Balaban J connectivity index is 1.97. The molecule has 0 radical (unpaired) electrons. The van der Waals surface area contributed by atoms with Gasteiger partial charge in [-0.15, -0.1) is 0 Å². The molecule has 1 aliphatic rings. The third kappa shape index (κ3) is 3.09. The van der Waals surface area contributed by atoms with Gasteiger partial charge in [0.2, 0.25) is 0 Å². The van der Waals surface area contributed by atoms with Crippen LogP contribution in [-0.2, 0) is 5.72 Å². The number of halogens is 1. The summed E-state index contributed by atoms with van der Waals surface area (Å²) in [4.78, 5) is 23.6. The van der Waals surface area contributed by atoms with Crippen molar-refractivity contribution in [1.82, 2.24) is 0 Å². The van der Waals surface area contributed by atoms with E-state index in [9.17, 15) is 9.90 Å². The minimum Gasteiger partial charge on any atom is -0.365 e. The molecule has 0 aromatic heterocycles. The summed E-state index contributed by atoms with van der Waals surface area (Å²) in [5.74, 6) is 0. The summed E-state index contributed by atoms with van der Waals surface area (Å²) in [5, 5.41) is 12.8. The van der Waals surface area contributed by atoms with Crippen LogP contribution in [0.4, 0.5) is 27.5 Å². The average Bonchev–Trinajstić information content (AvgIpc) is 2.96. The lowest BCUT2D eigenvalue weighted by Gasteiger charge is -2.43. The van der Waals surface area contributed by atoms with Gasteiger partial charge in [0.25, 0.3) is 0 Å². The van der Waals surface area contributed by atoms with E-state index in [1.54, 1.807) is 86.6 Å². The molecule has 1 saturated heterocycles. The molecule has 1 atom stereocenters. The highest BCUT2D eigenvalue weighted by molar-refractivity contribution is 6.30. The van der Waals surface area contributed by atoms with Crippen LogP contribution in [0, 0.1) is 13.1 Å². The molecule has 4 rings (SSSR count). The largest absolute Gasteiger partial charge is 0.365 e. The molecule has 0 aliphatic carbocycles. The van der Waals surface area contributed by atoms with Crippen molar-refractivity contribution in [3.8, 4) is 0 Å². The van der Waals surface area contributed by atoms with Gasteiger partial charge in [0.05, 0.1) is 18.7 Å². The molecule has 3 aromatic carbocycles. The number of nitrogens with zero attached hydrogens (tertiary/aromatic N) is 4. The number of rotatable bonds is 3. The van der Waals surface area contributed by atoms with Crippen molar-refractivity contribution in [2.45, 2.75) is 25.1 Å². The Morgan fingerprint density at radius 2 is 1.41 bits per heavy atom. The number of hydrogen-bond acceptors (Lipinski definition) is 2. The van der Waals surface area contributed by atoms with Crippen LogP contribution in [0.2, 0.25) is 5.02 Å². The Morgan fingerprint density at radius 1 is 0.844 bits per heavy atom. The van der Waals surface area contributed by atoms with Crippen molar-refractivity contribution < 1.29 is 9.90 Å². The van der Waals surface area contributed by atoms with Crippen molar-refractivity contribution in [3.05, 3.63) is 106 Å². The van der Waals surface area contributed by atoms with Crippen LogP contribution in [0.5, 0.6) is 0 Å². The molecule has 0 bridgehead atoms. The van der Waals surface area contributed by atoms with E-state index in [0.29, 0.717) is 33.3 Å². The Bertz CT molecular complexity index is 1270. The normalized spacial score (nSPS) is 19.5. The third-order valence-corrected chi connectivity index (χ3v) is 6.07. The van der Waals surface area contributed by atoms with Crippen LogP contribution in [0.3, 0.4) is 0 Å². The van der Waals surface area contributed by atoms with Crippen LogP contribution in [-0.4, -0.2) is 16.7 Å². The van der Waals surface area contributed by atoms with Gasteiger partial charge in [0, 0.05) is 16.4 Å². The zero-order valence-corrected chi connectivity index (χ0v) is 18.2. The van der Waals surface area contributed by atoms with Gasteiger partial charge < -0.3 is 5.11 Å². The Hall–Kier alpha value is -3.84. The Morgan fingerprint density at radius 3 is 2.00 bits per heavy atom. The molecule has 1 aliphatic heterocycles. The first-order valence-electron chi connectivity index (χ1n) is 9.82. The number of hydrogen-bond donors (Lipinski definition) is 1. The maximum Gasteiger partial charge on any atom is 0.332 e. The fourth-order valence-corrected chi connectivity index (χ4v) is 4.30. The lowest BCUT2D eigenvalue weighted by molar-refractivity contribution is -0.00241. The van der Waals surface area contributed by atoms with E-state index in [1.165, 1.54) is 9.80 Å². The smallest absolute Gasteiger partial charge is 0.332 e. The standard InChI is InChI=1S/C25H19ClN4O2/c1-24(2)25(32,17-6-5-7-20(16-17)28-4)30(22-14-10-19(27-3)11-15-22)23(31)29(24)21-12-8-18(26)9-13-21/h5-16,32H,1-2H3. The topological polar surface area (TPSA) is 52.5 Å². The van der Waals surface area contributed by atoms with Crippen molar-refractivity contribution in [3.63, 3.8) is 0 Å². The molecule has 1 heterocycles. The van der Waals surface area contributed by atoms with E-state index in [4.69, 9.17) is 24.7 Å². The second kappa shape index (κ2) is 7.69. The Labute approximate surface area is 191 Å². The quantitative estimate of drug-likeness (QED) is 0.470. The van der Waals surface area contributed by atoms with Gasteiger partial charge in [0.15, 0.2) is 17.1 Å². The van der Waals surface area contributed by atoms with E-state index >= 15 is 0 Å². The van der Waals surface area contributed by atoms with Crippen molar-refractivity contribution in [1.29, 1.82) is 0 Å². The fourth-order valence-electron chi connectivity index (χ4n) is 4.18. The molecular formula is C25H19ClN4O2.